The Balaban J connectivity index is 0. The second-order valence-corrected chi connectivity index (χ2v) is 15.0. The molecule has 23 nitrogen and oxygen atoms in total. The van der Waals surface area contributed by atoms with E-state index in [2.05, 4.69) is 16.0 Å². The molecule has 0 saturated heterocycles. The number of ketones is 2. The molecule has 5 unspecified atom stereocenters. The van der Waals surface area contributed by atoms with Gasteiger partial charge in [-0.25, -0.2) is 5.06 Å². The molecule has 0 saturated carbocycles. The molecule has 0 aromatic rings. The van der Waals surface area contributed by atoms with Crippen LogP contribution >= 0.6 is 0 Å². The monoisotopic (exact) mass is 886 g/mol. The van der Waals surface area contributed by atoms with Gasteiger partial charge >= 0.3 is 0 Å². The Morgan fingerprint density at radius 1 is 0.403 bits per heavy atom. The number of hydrogen-bond acceptors (Lipinski definition) is 15. The van der Waals surface area contributed by atoms with Gasteiger partial charge in [0.25, 0.3) is 0 Å². The average Bonchev–Trinajstić information content (AvgIpc) is 3.18. The van der Waals surface area contributed by atoms with E-state index in [0.717, 1.165) is 27.7 Å². The number of carbonyl (C=O) groups excluding carboxylic acids is 10. The van der Waals surface area contributed by atoms with Gasteiger partial charge in [0.1, 0.15) is 6.04 Å². The van der Waals surface area contributed by atoms with E-state index >= 15 is 0 Å². The summed E-state index contributed by atoms with van der Waals surface area (Å²) in [5.74, 6) is -6.19. The zero-order valence-corrected chi connectivity index (χ0v) is 37.4. The molecule has 0 bridgehead atoms. The number of carbonyl (C=O) groups is 10. The van der Waals surface area contributed by atoms with Crippen molar-refractivity contribution >= 4 is 58.8 Å². The Bertz CT molecular complexity index is 1500. The molecule has 5 atom stereocenters. The summed E-state index contributed by atoms with van der Waals surface area (Å²) in [7, 11) is 0. The minimum absolute atomic E-state index is 0.0213. The molecule has 62 heavy (non-hydrogen) atoms. The molecule has 0 heterocycles. The van der Waals surface area contributed by atoms with Crippen LogP contribution in [0.1, 0.15) is 127 Å². The Hall–Kier alpha value is -5.10. The molecule has 0 spiro atoms. The lowest BCUT2D eigenvalue weighted by Crippen LogP contribution is -2.52. The highest BCUT2D eigenvalue weighted by Crippen LogP contribution is 2.12. The fourth-order valence-corrected chi connectivity index (χ4v) is 5.38. The van der Waals surface area contributed by atoms with Crippen LogP contribution in [0.5, 0.6) is 0 Å². The highest BCUT2D eigenvalue weighted by Gasteiger charge is 2.27. The van der Waals surface area contributed by atoms with Crippen molar-refractivity contribution in [1.29, 1.82) is 0 Å². The van der Waals surface area contributed by atoms with Gasteiger partial charge in [-0.3, -0.25) is 53.2 Å². The minimum atomic E-state index is -1.10. The zero-order chi connectivity index (χ0) is 48.3. The van der Waals surface area contributed by atoms with Gasteiger partial charge in [0.05, 0.1) is 12.1 Å². The van der Waals surface area contributed by atoms with Crippen molar-refractivity contribution in [2.75, 3.05) is 32.7 Å². The fraction of sp³-hybridized carbons (Fsp3) is 0.744. The number of nitrogens with one attached hydrogen (secondary N) is 3. The second-order valence-electron chi connectivity index (χ2n) is 15.0. The van der Waals surface area contributed by atoms with E-state index in [9.17, 15) is 74.0 Å². The van der Waals surface area contributed by atoms with Crippen molar-refractivity contribution < 1.29 is 53.2 Å². The van der Waals surface area contributed by atoms with Gasteiger partial charge in [0, 0.05) is 79.2 Å². The molecule has 0 aliphatic heterocycles. The average molecular weight is 887 g/mol. The first kappa shape index (κ1) is 59.0. The van der Waals surface area contributed by atoms with Crippen LogP contribution < -0.4 is 16.0 Å². The van der Waals surface area contributed by atoms with Crippen LogP contribution in [-0.4, -0.2) is 140 Å². The first-order chi connectivity index (χ1) is 28.7. The minimum Gasteiger partial charge on any atom is -0.756 e. The van der Waals surface area contributed by atoms with Crippen LogP contribution in [0.3, 0.4) is 0 Å². The van der Waals surface area contributed by atoms with E-state index in [-0.39, 0.29) is 100 Å². The summed E-state index contributed by atoms with van der Waals surface area (Å²) in [6.07, 6.45) is 2.35. The molecule has 0 aliphatic rings. The smallest absolute Gasteiger partial charge is 0.243 e. The number of nitrogens with zero attached hydrogens (tertiary/aromatic N) is 5. The molecule has 8 amide bonds. The first-order valence-electron chi connectivity index (χ1n) is 20.4. The third-order valence-electron chi connectivity index (χ3n) is 9.48. The Kier molecular flexibility index (Phi) is 30.2. The van der Waals surface area contributed by atoms with Gasteiger partial charge in [0.2, 0.25) is 47.3 Å². The van der Waals surface area contributed by atoms with Gasteiger partial charge in [0.15, 0.2) is 11.6 Å². The maximum Gasteiger partial charge on any atom is 0.243 e. The molecular formula is C39H66N8O15-4. The number of Topliss-reactive ketones (excluding diaryl/α,β-unsaturated/α-hetero) is 2. The standard InChI is InChI=1S/C23H39N5O9.C16H27N3O6/c1-15(9-6-12-26(35)17(3)30)22(33)25-21(11-8-14-28(37)19(5)32)23(34)24-20(16(2)29)10-7-13-27(36)18(4)31;1-11(7-5-9-18(24)13(3)21)16(23)17-15(12(2)20)8-6-10-19(25)14(4)22/h15,20-21,37H,6-14H2,1-5H3,(H,24,34)(H,25,33);11,15H,5-10H2,1-4H3,(H,17,23)/q2*-2. The van der Waals surface area contributed by atoms with Gasteiger partial charge in [-0.1, -0.05) is 13.8 Å². The summed E-state index contributed by atoms with van der Waals surface area (Å²) in [5, 5.41) is 64.2. The second kappa shape index (κ2) is 31.7. The van der Waals surface area contributed by atoms with Crippen molar-refractivity contribution in [3.8, 4) is 0 Å². The van der Waals surface area contributed by atoms with E-state index in [1.165, 1.54) is 20.8 Å². The summed E-state index contributed by atoms with van der Waals surface area (Å²) in [5.41, 5.74) is 0. The van der Waals surface area contributed by atoms with Crippen LogP contribution in [0.25, 0.3) is 0 Å². The molecule has 0 rings (SSSR count). The molecule has 0 aliphatic carbocycles. The zero-order valence-electron chi connectivity index (χ0n) is 37.4. The topological polar surface area (TPSA) is 335 Å². The van der Waals surface area contributed by atoms with Crippen LogP contribution in [0.4, 0.5) is 0 Å². The molecule has 0 fully saturated rings. The van der Waals surface area contributed by atoms with Gasteiger partial charge < -0.3 is 57.0 Å². The lowest BCUT2D eigenvalue weighted by Gasteiger charge is -2.28. The van der Waals surface area contributed by atoms with Crippen LogP contribution in [-0.2, 0) is 47.9 Å². The number of hydrogen-bond donors (Lipinski definition) is 4. The summed E-state index contributed by atoms with van der Waals surface area (Å²) in [6.45, 7) is 11.3. The molecule has 23 heteroatoms. The van der Waals surface area contributed by atoms with Gasteiger partial charge in [-0.15, -0.1) is 0 Å². The highest BCUT2D eigenvalue weighted by molar-refractivity contribution is 5.92. The van der Waals surface area contributed by atoms with E-state index in [4.69, 9.17) is 0 Å². The van der Waals surface area contributed by atoms with Crippen molar-refractivity contribution in [3.63, 3.8) is 0 Å². The molecule has 0 aromatic carbocycles. The van der Waals surface area contributed by atoms with Crippen molar-refractivity contribution in [2.24, 2.45) is 11.8 Å². The number of rotatable bonds is 28. The molecule has 0 radical (unpaired) electrons. The summed E-state index contributed by atoms with van der Waals surface area (Å²) in [6, 6.07) is -2.77. The Labute approximate surface area is 362 Å². The predicted octanol–water partition coefficient (Wildman–Crippen LogP) is 1.40. The van der Waals surface area contributed by atoms with E-state index < -0.39 is 71.3 Å². The van der Waals surface area contributed by atoms with Crippen molar-refractivity contribution in [2.45, 2.75) is 145 Å². The SMILES string of the molecule is CC(=O)C(CCCN([O-])C(C)=O)NC(=O)C(C)CCCN([O-])C(C)=O.CC(=O)C(CCCN([O-])C(C)=O)NC(=O)C(CCCN(O)C(C)=O)NC(=O)C(C)CCCN([O-])C(C)=O. The lowest BCUT2D eigenvalue weighted by atomic mass is 10.0. The summed E-state index contributed by atoms with van der Waals surface area (Å²) < 4.78 is 0. The molecule has 356 valence electrons. The maximum absolute atomic E-state index is 13.0. The molecule has 4 N–H and O–H groups in total. The van der Waals surface area contributed by atoms with E-state index in [1.807, 2.05) is 0 Å². The van der Waals surface area contributed by atoms with E-state index in [1.54, 1.807) is 13.8 Å². The predicted molar refractivity (Wildman–Crippen MR) is 224 cm³/mol. The van der Waals surface area contributed by atoms with Gasteiger partial charge in [-0.05, 0) is 78.1 Å². The van der Waals surface area contributed by atoms with Crippen molar-refractivity contribution in [3.05, 3.63) is 20.8 Å². The number of hydroxylamine groups is 10. The van der Waals surface area contributed by atoms with Crippen LogP contribution in [0.15, 0.2) is 0 Å². The normalized spacial score (nSPS) is 13.0. The third-order valence-corrected chi connectivity index (χ3v) is 9.48. The third kappa shape index (κ3) is 27.0. The maximum atomic E-state index is 13.0. The molecule has 0 aromatic heterocycles. The van der Waals surface area contributed by atoms with Crippen LogP contribution in [0.2, 0.25) is 0 Å². The Morgan fingerprint density at radius 2 is 0.661 bits per heavy atom. The Morgan fingerprint density at radius 3 is 0.952 bits per heavy atom. The fourth-order valence-electron chi connectivity index (χ4n) is 5.38. The largest absolute Gasteiger partial charge is 0.756 e. The molecular weight excluding hydrogens is 820 g/mol. The quantitative estimate of drug-likeness (QED) is 0.0637. The highest BCUT2D eigenvalue weighted by atomic mass is 16.5. The van der Waals surface area contributed by atoms with Gasteiger partial charge in [-0.2, -0.15) is 0 Å². The van der Waals surface area contributed by atoms with Crippen molar-refractivity contribution in [1.82, 2.24) is 41.3 Å². The number of amides is 8. The van der Waals surface area contributed by atoms with E-state index in [0.29, 0.717) is 39.5 Å². The lowest BCUT2D eigenvalue weighted by molar-refractivity contribution is -0.163. The first-order valence-corrected chi connectivity index (χ1v) is 20.4. The van der Waals surface area contributed by atoms with Crippen LogP contribution in [0, 0.1) is 32.7 Å². The summed E-state index contributed by atoms with van der Waals surface area (Å²) >= 11 is 0. The summed E-state index contributed by atoms with van der Waals surface area (Å²) in [4.78, 5) is 116.